The van der Waals surface area contributed by atoms with Crippen LogP contribution in [0.5, 0.6) is 0 Å². The van der Waals surface area contributed by atoms with Crippen LogP contribution in [0.4, 0.5) is 11.4 Å². The molecule has 0 bridgehead atoms. The quantitative estimate of drug-likeness (QED) is 0.206. The first kappa shape index (κ1) is 20.4. The van der Waals surface area contributed by atoms with E-state index >= 15 is 0 Å². The Morgan fingerprint density at radius 2 is 1.87 bits per heavy atom. The summed E-state index contributed by atoms with van der Waals surface area (Å²) in [6, 6.07) is 12.1. The van der Waals surface area contributed by atoms with Crippen molar-refractivity contribution in [3.8, 4) is 0 Å². The number of nitrogens with zero attached hydrogens (tertiary/aromatic N) is 2. The monoisotopic (exact) mass is 438 g/mol. The fraction of sp³-hybridized carbons (Fsp3) is 0.0909. The Labute approximate surface area is 181 Å². The molecular formula is C22H15ClN2O6. The number of furan rings is 1. The van der Waals surface area contributed by atoms with Crippen LogP contribution in [0.2, 0.25) is 5.02 Å². The molecular weight excluding hydrogens is 424 g/mol. The number of halogens is 1. The van der Waals surface area contributed by atoms with E-state index in [-0.39, 0.29) is 22.6 Å². The summed E-state index contributed by atoms with van der Waals surface area (Å²) in [6.07, 6.45) is 1.40. The Bertz CT molecular complexity index is 1230. The summed E-state index contributed by atoms with van der Waals surface area (Å²) < 4.78 is 5.49. The molecule has 1 unspecified atom stereocenters. The maximum absolute atomic E-state index is 13.0. The summed E-state index contributed by atoms with van der Waals surface area (Å²) in [4.78, 5) is 37.6. The van der Waals surface area contributed by atoms with Gasteiger partial charge in [-0.25, -0.2) is 0 Å². The molecule has 4 rings (SSSR count). The van der Waals surface area contributed by atoms with Gasteiger partial charge in [0.15, 0.2) is 0 Å². The fourth-order valence-corrected chi connectivity index (χ4v) is 3.81. The van der Waals surface area contributed by atoms with Crippen LogP contribution < -0.4 is 4.90 Å². The highest BCUT2D eigenvalue weighted by molar-refractivity contribution is 6.51. The molecule has 1 fully saturated rings. The van der Waals surface area contributed by atoms with Gasteiger partial charge in [0.2, 0.25) is 0 Å². The number of ketones is 1. The lowest BCUT2D eigenvalue weighted by Gasteiger charge is -2.25. The number of amides is 1. The zero-order valence-corrected chi connectivity index (χ0v) is 16.9. The summed E-state index contributed by atoms with van der Waals surface area (Å²) in [5, 5.41) is 22.3. The minimum Gasteiger partial charge on any atom is -0.507 e. The number of rotatable bonds is 4. The summed E-state index contributed by atoms with van der Waals surface area (Å²) in [5.74, 6) is -1.91. The zero-order chi connectivity index (χ0) is 22.3. The third-order valence-corrected chi connectivity index (χ3v) is 5.26. The summed E-state index contributed by atoms with van der Waals surface area (Å²) in [6.45, 7) is 1.75. The minimum absolute atomic E-state index is 0.160. The van der Waals surface area contributed by atoms with Gasteiger partial charge >= 0.3 is 0 Å². The van der Waals surface area contributed by atoms with Crippen molar-refractivity contribution in [2.45, 2.75) is 13.0 Å². The number of non-ortho nitro benzene ring substituents is 1. The van der Waals surface area contributed by atoms with E-state index < -0.39 is 28.4 Å². The number of hydrogen-bond donors (Lipinski definition) is 1. The molecule has 156 valence electrons. The number of aliphatic hydroxyl groups excluding tert-OH is 1. The fourth-order valence-electron chi connectivity index (χ4n) is 3.58. The van der Waals surface area contributed by atoms with Gasteiger partial charge in [-0.15, -0.1) is 0 Å². The molecule has 1 saturated heterocycles. The smallest absolute Gasteiger partial charge is 0.300 e. The van der Waals surface area contributed by atoms with E-state index in [1.165, 1.54) is 35.4 Å². The average molecular weight is 439 g/mol. The van der Waals surface area contributed by atoms with Gasteiger partial charge < -0.3 is 9.52 Å². The van der Waals surface area contributed by atoms with Crippen molar-refractivity contribution >= 4 is 40.4 Å². The molecule has 8 nitrogen and oxygen atoms in total. The molecule has 0 aliphatic carbocycles. The molecule has 1 aliphatic heterocycles. The summed E-state index contributed by atoms with van der Waals surface area (Å²) in [5.41, 5.74) is 0.907. The molecule has 0 spiro atoms. The molecule has 3 aromatic rings. The molecule has 0 radical (unpaired) electrons. The lowest BCUT2D eigenvalue weighted by Crippen LogP contribution is -2.29. The van der Waals surface area contributed by atoms with Gasteiger partial charge in [-0.05, 0) is 55.0 Å². The molecule has 2 heterocycles. The third-order valence-electron chi connectivity index (χ3n) is 5.03. The Kier molecular flexibility index (Phi) is 5.08. The van der Waals surface area contributed by atoms with Crippen LogP contribution in [0, 0.1) is 17.0 Å². The van der Waals surface area contributed by atoms with Gasteiger partial charge in [0.05, 0.1) is 16.8 Å². The first-order valence-electron chi connectivity index (χ1n) is 9.15. The van der Waals surface area contributed by atoms with Crippen molar-refractivity contribution in [2.75, 3.05) is 4.90 Å². The largest absolute Gasteiger partial charge is 0.507 e. The number of carbonyl (C=O) groups is 2. The van der Waals surface area contributed by atoms with Crippen molar-refractivity contribution in [2.24, 2.45) is 0 Å². The van der Waals surface area contributed by atoms with Gasteiger partial charge in [-0.2, -0.15) is 0 Å². The van der Waals surface area contributed by atoms with E-state index in [0.29, 0.717) is 16.3 Å². The second kappa shape index (κ2) is 7.73. The maximum atomic E-state index is 13.0. The van der Waals surface area contributed by atoms with E-state index in [1.54, 1.807) is 37.3 Å². The third kappa shape index (κ3) is 3.47. The Balaban J connectivity index is 1.90. The van der Waals surface area contributed by atoms with Crippen LogP contribution in [-0.4, -0.2) is 21.7 Å². The number of carbonyl (C=O) groups excluding carboxylic acids is 2. The van der Waals surface area contributed by atoms with Gasteiger partial charge in [0.1, 0.15) is 17.6 Å². The number of aryl methyl sites for hydroxylation is 1. The Morgan fingerprint density at radius 3 is 2.45 bits per heavy atom. The molecule has 0 saturated carbocycles. The Hall–Kier alpha value is -3.91. The first-order chi connectivity index (χ1) is 14.8. The van der Waals surface area contributed by atoms with Crippen molar-refractivity contribution < 1.29 is 24.0 Å². The van der Waals surface area contributed by atoms with E-state index in [9.17, 15) is 24.8 Å². The molecule has 31 heavy (non-hydrogen) atoms. The van der Waals surface area contributed by atoms with Crippen LogP contribution in [0.3, 0.4) is 0 Å². The van der Waals surface area contributed by atoms with Crippen molar-refractivity contribution in [1.29, 1.82) is 0 Å². The molecule has 1 aliphatic rings. The van der Waals surface area contributed by atoms with Crippen LogP contribution in [-0.2, 0) is 9.59 Å². The van der Waals surface area contributed by atoms with Crippen LogP contribution in [0.25, 0.3) is 5.76 Å². The number of nitro benzene ring substituents is 1. The van der Waals surface area contributed by atoms with E-state index in [1.807, 2.05) is 0 Å². The van der Waals surface area contributed by atoms with Crippen LogP contribution in [0.1, 0.15) is 22.9 Å². The molecule has 1 atom stereocenters. The van der Waals surface area contributed by atoms with Gasteiger partial charge in [-0.1, -0.05) is 11.6 Å². The lowest BCUT2D eigenvalue weighted by atomic mass is 9.99. The van der Waals surface area contributed by atoms with Crippen molar-refractivity contribution in [3.63, 3.8) is 0 Å². The zero-order valence-electron chi connectivity index (χ0n) is 16.1. The molecule has 2 aromatic carbocycles. The first-order valence-corrected chi connectivity index (χ1v) is 9.52. The number of Topliss-reactive ketones (excluding diaryl/α,β-unsaturated/α-hetero) is 1. The number of anilines is 1. The highest BCUT2D eigenvalue weighted by Crippen LogP contribution is 2.43. The molecule has 1 aromatic heterocycles. The molecule has 1 amide bonds. The van der Waals surface area contributed by atoms with Gasteiger partial charge in [-0.3, -0.25) is 24.6 Å². The van der Waals surface area contributed by atoms with E-state index in [4.69, 9.17) is 16.0 Å². The summed E-state index contributed by atoms with van der Waals surface area (Å²) >= 11 is 6.03. The second-order valence-corrected chi connectivity index (χ2v) is 7.36. The van der Waals surface area contributed by atoms with Crippen molar-refractivity contribution in [3.05, 3.63) is 98.5 Å². The lowest BCUT2D eigenvalue weighted by molar-refractivity contribution is -0.384. The standard InChI is InChI=1S/C22H15ClN2O6/c1-12-11-14(23)6-9-16(12)24-19(17-3-2-10-31-17)18(21(27)22(24)28)20(26)13-4-7-15(8-5-13)25(29)30/h2-11,19,26H,1H3/b20-18-. The van der Waals surface area contributed by atoms with Gasteiger partial charge in [0.25, 0.3) is 17.4 Å². The average Bonchev–Trinajstić information content (AvgIpc) is 3.35. The van der Waals surface area contributed by atoms with Gasteiger partial charge in [0, 0.05) is 28.4 Å². The minimum atomic E-state index is -1.02. The predicted octanol–water partition coefficient (Wildman–Crippen LogP) is 4.78. The summed E-state index contributed by atoms with van der Waals surface area (Å²) in [7, 11) is 0. The topological polar surface area (TPSA) is 114 Å². The van der Waals surface area contributed by atoms with Crippen LogP contribution in [0.15, 0.2) is 70.9 Å². The number of nitro groups is 1. The maximum Gasteiger partial charge on any atom is 0.300 e. The molecule has 9 heteroatoms. The Morgan fingerprint density at radius 1 is 1.16 bits per heavy atom. The van der Waals surface area contributed by atoms with E-state index in [0.717, 1.165) is 0 Å². The van der Waals surface area contributed by atoms with E-state index in [2.05, 4.69) is 0 Å². The number of benzene rings is 2. The highest BCUT2D eigenvalue weighted by Gasteiger charge is 2.48. The predicted molar refractivity (Wildman–Crippen MR) is 113 cm³/mol. The number of hydrogen-bond acceptors (Lipinski definition) is 6. The molecule has 1 N–H and O–H groups in total. The second-order valence-electron chi connectivity index (χ2n) is 6.92. The normalized spacial score (nSPS) is 17.9. The number of aliphatic hydroxyl groups is 1. The highest BCUT2D eigenvalue weighted by atomic mass is 35.5. The SMILES string of the molecule is Cc1cc(Cl)ccc1N1C(=O)C(=O)/C(=C(\O)c2ccc([N+](=O)[O-])cc2)C1c1ccco1. The van der Waals surface area contributed by atoms with Crippen LogP contribution >= 0.6 is 11.6 Å². The van der Waals surface area contributed by atoms with Crippen molar-refractivity contribution in [1.82, 2.24) is 0 Å².